The highest BCUT2D eigenvalue weighted by atomic mass is 35.7. The number of anilines is 1. The molecule has 0 heterocycles. The van der Waals surface area contributed by atoms with E-state index in [0.29, 0.717) is 5.69 Å². The highest BCUT2D eigenvalue weighted by Gasteiger charge is 2.14. The van der Waals surface area contributed by atoms with E-state index in [1.807, 2.05) is 0 Å². The molecule has 0 aromatic heterocycles. The van der Waals surface area contributed by atoms with Crippen LogP contribution in [0.15, 0.2) is 97.3 Å². The summed E-state index contributed by atoms with van der Waals surface area (Å²) in [7, 11) is -12.6. The number of sulfone groups is 3. The first-order valence-electron chi connectivity index (χ1n) is 10.1. The molecule has 0 fully saturated rings. The van der Waals surface area contributed by atoms with Gasteiger partial charge in [-0.05, 0) is 54.6 Å². The van der Waals surface area contributed by atoms with Crippen LogP contribution in [0.3, 0.4) is 0 Å². The van der Waals surface area contributed by atoms with Crippen LogP contribution in [0.5, 0.6) is 0 Å². The number of benzene rings is 3. The fourth-order valence-electron chi connectivity index (χ4n) is 2.48. The van der Waals surface area contributed by atoms with Crippen LogP contribution in [0.4, 0.5) is 5.69 Å². The number of sulfonamides is 1. The summed E-state index contributed by atoms with van der Waals surface area (Å²) in [6.45, 7) is 0. The Bertz CT molecular complexity index is 1690. The van der Waals surface area contributed by atoms with Gasteiger partial charge in [-0.1, -0.05) is 18.2 Å². The molecule has 0 saturated carbocycles. The second kappa shape index (κ2) is 12.8. The molecule has 0 radical (unpaired) electrons. The van der Waals surface area contributed by atoms with E-state index in [9.17, 15) is 42.1 Å². The van der Waals surface area contributed by atoms with E-state index in [-0.39, 0.29) is 24.5 Å². The molecule has 0 aliphatic heterocycles. The molecule has 0 bridgehead atoms. The lowest BCUT2D eigenvalue weighted by atomic mass is 10.3. The van der Waals surface area contributed by atoms with E-state index < -0.39 is 48.6 Å². The number of primary sulfonamides is 1. The van der Waals surface area contributed by atoms with Crippen LogP contribution in [0.25, 0.3) is 0 Å². The van der Waals surface area contributed by atoms with E-state index in [4.69, 9.17) is 21.6 Å². The molecule has 0 saturated heterocycles. The molecule has 3 aromatic carbocycles. The largest absolute Gasteiger partial charge is 0.399 e. The van der Waals surface area contributed by atoms with Gasteiger partial charge in [0.2, 0.25) is 10.0 Å². The Hall–Kier alpha value is -2.54. The minimum absolute atomic E-state index is 0.0657. The third-order valence-corrected chi connectivity index (χ3v) is 9.96. The Morgan fingerprint density at radius 2 is 0.821 bits per heavy atom. The number of rotatable bonds is 5. The fourth-order valence-corrected chi connectivity index (χ4v) is 6.00. The molecule has 18 heteroatoms. The summed E-state index contributed by atoms with van der Waals surface area (Å²) in [5.41, 5.74) is 5.86. The van der Waals surface area contributed by atoms with Crippen LogP contribution >= 0.6 is 10.7 Å². The lowest BCUT2D eigenvalue weighted by Gasteiger charge is -2.00. The predicted octanol–water partition coefficient (Wildman–Crippen LogP) is 1.43. The van der Waals surface area contributed by atoms with Crippen molar-refractivity contribution >= 4 is 65.0 Å². The maximum Gasteiger partial charge on any atom is 0.261 e. The summed E-state index contributed by atoms with van der Waals surface area (Å²) >= 11 is 0. The highest BCUT2D eigenvalue weighted by molar-refractivity contribution is 8.13. The van der Waals surface area contributed by atoms with Gasteiger partial charge in [0.25, 0.3) is 9.05 Å². The molecule has 0 spiro atoms. The molecule has 3 aromatic rings. The summed E-state index contributed by atoms with van der Waals surface area (Å²) in [6, 6.07) is 16.0. The van der Waals surface area contributed by atoms with Gasteiger partial charge in [-0.3, -0.25) is 0 Å². The van der Waals surface area contributed by atoms with Gasteiger partial charge in [0.05, 0.1) is 24.5 Å². The Morgan fingerprint density at radius 3 is 1.13 bits per heavy atom. The zero-order valence-electron chi connectivity index (χ0n) is 20.6. The smallest absolute Gasteiger partial charge is 0.261 e. The predicted molar refractivity (Wildman–Crippen MR) is 147 cm³/mol. The van der Waals surface area contributed by atoms with E-state index in [1.165, 1.54) is 48.5 Å². The quantitative estimate of drug-likeness (QED) is 0.294. The zero-order chi connectivity index (χ0) is 30.4. The second-order valence-corrected chi connectivity index (χ2v) is 18.0. The van der Waals surface area contributed by atoms with Crippen LogP contribution in [0.1, 0.15) is 0 Å². The molecule has 0 unspecified atom stereocenters. The van der Waals surface area contributed by atoms with Crippen molar-refractivity contribution in [3.63, 3.8) is 0 Å². The van der Waals surface area contributed by atoms with E-state index in [2.05, 4.69) is 0 Å². The maximum absolute atomic E-state index is 11.1. The molecule has 0 atom stereocenters. The summed E-state index contributed by atoms with van der Waals surface area (Å²) in [5, 5.41) is 4.85. The SMILES string of the molecule is CS(=O)(=O)c1cccc(N)c1.CS(=O)(=O)c1cccc(S(=O)(=O)Cl)c1.CS(=O)(=O)c1cccc(S(N)(=O)=O)c1. The molecular weight excluding hydrogens is 636 g/mol. The number of nitrogen functional groups attached to an aromatic ring is 1. The Labute approximate surface area is 232 Å². The molecular formula is C21H25ClN2O10S5. The van der Waals surface area contributed by atoms with Crippen molar-refractivity contribution in [3.05, 3.63) is 72.8 Å². The van der Waals surface area contributed by atoms with E-state index >= 15 is 0 Å². The molecule has 0 amide bonds. The van der Waals surface area contributed by atoms with Crippen LogP contribution in [0.2, 0.25) is 0 Å². The maximum atomic E-state index is 11.1. The monoisotopic (exact) mass is 660 g/mol. The first kappa shape index (κ1) is 34.5. The molecule has 216 valence electrons. The second-order valence-electron chi connectivity index (χ2n) is 7.82. The molecule has 0 aliphatic carbocycles. The Morgan fingerprint density at radius 1 is 0.513 bits per heavy atom. The molecule has 3 rings (SSSR count). The Balaban J connectivity index is 0.000000295. The van der Waals surface area contributed by atoms with Gasteiger partial charge in [-0.15, -0.1) is 0 Å². The van der Waals surface area contributed by atoms with Gasteiger partial charge >= 0.3 is 0 Å². The van der Waals surface area contributed by atoms with Gasteiger partial charge in [0.15, 0.2) is 29.5 Å². The molecule has 12 nitrogen and oxygen atoms in total. The molecule has 0 aliphatic rings. The zero-order valence-corrected chi connectivity index (χ0v) is 25.4. The van der Waals surface area contributed by atoms with E-state index in [0.717, 1.165) is 30.9 Å². The van der Waals surface area contributed by atoms with Gasteiger partial charge in [-0.2, -0.15) is 0 Å². The average Bonchev–Trinajstić information content (AvgIpc) is 2.77. The lowest BCUT2D eigenvalue weighted by molar-refractivity contribution is 0.595. The van der Waals surface area contributed by atoms with Crippen molar-refractivity contribution in [3.8, 4) is 0 Å². The minimum Gasteiger partial charge on any atom is -0.399 e. The molecule has 4 N–H and O–H groups in total. The minimum atomic E-state index is -3.88. The highest BCUT2D eigenvalue weighted by Crippen LogP contribution is 2.19. The standard InChI is InChI=1S/C7H7ClO4S2.C7H9NO4S2.C7H9NO2S/c2*1-13(9,10)6-3-2-4-7(5-6)14(8,11)12;1-11(9,10)7-4-2-3-6(8)5-7/h2-5H,1H3;2-5H,1H3,(H2,8,11,12);2-5H,8H2,1H3. The third-order valence-electron chi connectivity index (χ3n) is 4.36. The lowest BCUT2D eigenvalue weighted by Crippen LogP contribution is -2.12. The average molecular weight is 661 g/mol. The number of halogens is 1. The normalized spacial score (nSPS) is 12.3. The first-order chi connectivity index (χ1) is 17.4. The van der Waals surface area contributed by atoms with Crippen molar-refractivity contribution in [1.82, 2.24) is 0 Å². The number of hydrogen-bond donors (Lipinski definition) is 2. The summed E-state index contributed by atoms with van der Waals surface area (Å²) in [4.78, 5) is -0.303. The summed E-state index contributed by atoms with van der Waals surface area (Å²) in [6.07, 6.45) is 3.14. The summed E-state index contributed by atoms with van der Waals surface area (Å²) < 4.78 is 110. The van der Waals surface area contributed by atoms with E-state index in [1.54, 1.807) is 12.1 Å². The van der Waals surface area contributed by atoms with Crippen molar-refractivity contribution in [2.24, 2.45) is 5.14 Å². The fraction of sp³-hybridized carbons (Fsp3) is 0.143. The first-order valence-corrected chi connectivity index (χ1v) is 19.6. The topological polar surface area (TPSA) is 223 Å². The van der Waals surface area contributed by atoms with Gasteiger partial charge in [-0.25, -0.2) is 47.2 Å². The Kier molecular flexibility index (Phi) is 11.3. The van der Waals surface area contributed by atoms with Crippen LogP contribution in [0, 0.1) is 0 Å². The van der Waals surface area contributed by atoms with Gasteiger partial charge < -0.3 is 5.73 Å². The van der Waals surface area contributed by atoms with Gasteiger partial charge in [0, 0.05) is 35.1 Å². The van der Waals surface area contributed by atoms with Crippen LogP contribution < -0.4 is 10.9 Å². The summed E-state index contributed by atoms with van der Waals surface area (Å²) in [5.74, 6) is 0. The van der Waals surface area contributed by atoms with Crippen molar-refractivity contribution in [1.29, 1.82) is 0 Å². The molecule has 39 heavy (non-hydrogen) atoms. The van der Waals surface area contributed by atoms with Crippen molar-refractivity contribution in [2.75, 3.05) is 24.5 Å². The third kappa shape index (κ3) is 12.0. The van der Waals surface area contributed by atoms with Crippen molar-refractivity contribution < 1.29 is 42.1 Å². The number of nitrogens with two attached hydrogens (primary N) is 2. The van der Waals surface area contributed by atoms with Crippen LogP contribution in [-0.4, -0.2) is 60.9 Å². The van der Waals surface area contributed by atoms with Crippen LogP contribution in [-0.2, 0) is 48.6 Å². The number of hydrogen-bond acceptors (Lipinski definition) is 11. The van der Waals surface area contributed by atoms with Gasteiger partial charge in [0.1, 0.15) is 0 Å². The van der Waals surface area contributed by atoms with Crippen molar-refractivity contribution in [2.45, 2.75) is 24.5 Å².